The van der Waals surface area contributed by atoms with Crippen LogP contribution >= 0.6 is 34.8 Å². The Hall–Kier alpha value is -13.7. The highest BCUT2D eigenvalue weighted by Crippen LogP contribution is 2.55. The van der Waals surface area contributed by atoms with E-state index in [2.05, 4.69) is 55.0 Å². The number of anilines is 5. The molecular formula is C94H85Cl3F9N17O10. The monoisotopic (exact) mass is 1890 g/mol. The fraction of sp³-hybridized carbons (Fsp3) is 0.298. The van der Waals surface area contributed by atoms with Crippen LogP contribution in [-0.4, -0.2) is 195 Å². The maximum atomic E-state index is 17.3. The summed E-state index contributed by atoms with van der Waals surface area (Å²) in [6.07, 6.45) is 8.37. The van der Waals surface area contributed by atoms with Crippen molar-refractivity contribution in [1.29, 1.82) is 0 Å². The minimum Gasteiger partial charge on any atom is -0.507 e. The van der Waals surface area contributed by atoms with E-state index >= 15 is 26.3 Å². The van der Waals surface area contributed by atoms with E-state index in [1.807, 2.05) is 51.3 Å². The Labute approximate surface area is 768 Å². The molecule has 27 nitrogen and oxygen atoms in total. The van der Waals surface area contributed by atoms with Gasteiger partial charge in [0.05, 0.1) is 112 Å². The number of aromatic nitrogens is 9. The molecule has 4 N–H and O–H groups in total. The van der Waals surface area contributed by atoms with Crippen molar-refractivity contribution in [1.82, 2.24) is 58.3 Å². The second-order valence-electron chi connectivity index (χ2n) is 33.8. The molecule has 6 aromatic carbocycles. The lowest BCUT2D eigenvalue weighted by Gasteiger charge is -2.41. The number of hydrogen-bond donors (Lipinski definition) is 4. The second kappa shape index (κ2) is 35.8. The summed E-state index contributed by atoms with van der Waals surface area (Å²) >= 11 is 20.5. The third kappa shape index (κ3) is 15.4. The van der Waals surface area contributed by atoms with Gasteiger partial charge in [-0.15, -0.1) is 0 Å². The lowest BCUT2D eigenvalue weighted by molar-refractivity contribution is -0.127. The third-order valence-corrected chi connectivity index (χ3v) is 25.9. The Kier molecular flexibility index (Phi) is 24.9. The molecule has 3 atom stereocenters. The van der Waals surface area contributed by atoms with Crippen LogP contribution in [0, 0.1) is 73.1 Å². The van der Waals surface area contributed by atoms with E-state index in [4.69, 9.17) is 39.5 Å². The number of nitrogens with zero attached hydrogens (tertiary/aromatic N) is 16. The molecule has 3 unspecified atom stereocenters. The van der Waals surface area contributed by atoms with Crippen LogP contribution < -0.4 is 46.7 Å². The van der Waals surface area contributed by atoms with Crippen molar-refractivity contribution in [3.63, 3.8) is 0 Å². The molecule has 6 aliphatic heterocycles. The van der Waals surface area contributed by atoms with Crippen LogP contribution in [0.3, 0.4) is 0 Å². The Balaban J connectivity index is 0.000000145. The molecule has 0 radical (unpaired) electrons. The number of pyridine rings is 3. The van der Waals surface area contributed by atoms with Gasteiger partial charge in [-0.3, -0.25) is 43.0 Å². The second-order valence-corrected chi connectivity index (χ2v) is 34.9. The average Bonchev–Trinajstić information content (AvgIpc) is 1.71. The van der Waals surface area contributed by atoms with Crippen molar-refractivity contribution in [3.8, 4) is 73.4 Å². The van der Waals surface area contributed by atoms with Gasteiger partial charge in [-0.2, -0.15) is 15.0 Å². The highest BCUT2D eigenvalue weighted by Gasteiger charge is 2.45. The van der Waals surface area contributed by atoms with Crippen LogP contribution in [0.15, 0.2) is 126 Å². The number of amides is 3. The zero-order chi connectivity index (χ0) is 95.7. The molecule has 3 amide bonds. The van der Waals surface area contributed by atoms with E-state index in [0.717, 1.165) is 38.0 Å². The van der Waals surface area contributed by atoms with Crippen LogP contribution in [0.1, 0.15) is 93.1 Å². The Morgan fingerprint density at radius 3 is 1.17 bits per heavy atom. The number of nitrogens with one attached hydrogen (secondary N) is 1. The fourth-order valence-electron chi connectivity index (χ4n) is 18.6. The molecule has 6 aliphatic rings. The summed E-state index contributed by atoms with van der Waals surface area (Å²) < 4.78 is 151. The van der Waals surface area contributed by atoms with Gasteiger partial charge < -0.3 is 59.7 Å². The first kappa shape index (κ1) is 92.5. The summed E-state index contributed by atoms with van der Waals surface area (Å²) in [7, 11) is 1.69. The van der Waals surface area contributed by atoms with Crippen molar-refractivity contribution in [2.45, 2.75) is 98.2 Å². The number of aryl methyl sites for hydroxylation is 3. The predicted octanol–water partition coefficient (Wildman–Crippen LogP) is 15.8. The van der Waals surface area contributed by atoms with E-state index < -0.39 is 143 Å². The van der Waals surface area contributed by atoms with Crippen LogP contribution in [0.2, 0.25) is 15.1 Å². The molecule has 0 saturated carbocycles. The number of aromatic hydroxyl groups is 3. The molecule has 0 spiro atoms. The lowest BCUT2D eigenvalue weighted by atomic mass is 9.98. The van der Waals surface area contributed by atoms with Crippen LogP contribution in [-0.2, 0) is 14.4 Å². The summed E-state index contributed by atoms with van der Waals surface area (Å²) in [5.74, 6) is -15.5. The first-order chi connectivity index (χ1) is 63.3. The number of halogens is 12. The molecule has 6 aromatic heterocycles. The molecule has 39 heteroatoms. The normalized spacial score (nSPS) is 16.2. The minimum atomic E-state index is -1.54. The number of phenols is 3. The van der Waals surface area contributed by atoms with Crippen LogP contribution in [0.5, 0.6) is 23.0 Å². The molecule has 690 valence electrons. The fourth-order valence-corrected chi connectivity index (χ4v) is 19.6. The summed E-state index contributed by atoms with van der Waals surface area (Å²) in [5.41, 5.74) is -3.44. The van der Waals surface area contributed by atoms with Gasteiger partial charge in [0.15, 0.2) is 58.1 Å². The standard InChI is InChI=1S/C32H30ClF3N6O3.C31H28ClF3N6O3.C31H27ClF3N5O4/c1-6-20(44)40-11-12-41-17(14-40)13-39(5)29-23-30(26(36)22(24(29)33)21-19(43)8-7-18(34)25(21)35)42(32(45)38-31(23)41)28-16(4)9-10-37-27(28)15(2)3;1-5-19(43)39-10-11-40-16(13-39)12-37-27-22-29(25(35)21(23(27)32)20-18(42)7-6-17(33)24(20)34)41(31(44)38-30(22)40)28-15(4)8-9-36-26(28)14(2)3;1-5-19(42)38-10-11-39-16(12-38)13-44-29-22-28(25(35)21(23(29)32)20-18(41)7-6-17(33)24(20)34)40(31(43)37-30(22)39)27-15(4)8-9-36-26(27)14(2)3/h6-10,15,17,43H,1,11-14H2,2-5H3;5-9,14,16,37,42H,1,10-13H2,2-4H3;5-9,14,16,41H,1,10-13H2,2-4H3. The number of fused-ring (bicyclic) bond motifs is 6. The first-order valence-corrected chi connectivity index (χ1v) is 43.4. The number of ether oxygens (including phenoxy) is 1. The quantitative estimate of drug-likeness (QED) is 0.0652. The van der Waals surface area contributed by atoms with Crippen molar-refractivity contribution < 1.29 is 74.0 Å². The Morgan fingerprint density at radius 1 is 0.436 bits per heavy atom. The molecule has 12 aromatic rings. The summed E-state index contributed by atoms with van der Waals surface area (Å²) in [4.78, 5) is 118. The van der Waals surface area contributed by atoms with Gasteiger partial charge >= 0.3 is 17.1 Å². The van der Waals surface area contributed by atoms with E-state index in [1.54, 1.807) is 89.1 Å². The molecule has 18 rings (SSSR count). The Bertz CT molecular complexity index is 6930. The van der Waals surface area contributed by atoms with Crippen molar-refractivity contribution in [2.75, 3.05) is 111 Å². The van der Waals surface area contributed by atoms with Crippen molar-refractivity contribution >= 4 is 114 Å². The van der Waals surface area contributed by atoms with Gasteiger partial charge in [0.1, 0.15) is 57.9 Å². The molecule has 0 aliphatic carbocycles. The first-order valence-electron chi connectivity index (χ1n) is 42.2. The lowest BCUT2D eigenvalue weighted by Crippen LogP contribution is -2.57. The van der Waals surface area contributed by atoms with Crippen molar-refractivity contribution in [3.05, 3.63) is 244 Å². The zero-order valence-electron chi connectivity index (χ0n) is 73.1. The zero-order valence-corrected chi connectivity index (χ0v) is 75.4. The molecule has 0 bridgehead atoms. The summed E-state index contributed by atoms with van der Waals surface area (Å²) in [6, 6.07) is 8.49. The van der Waals surface area contributed by atoms with E-state index in [0.29, 0.717) is 64.7 Å². The maximum Gasteiger partial charge on any atom is 0.354 e. The van der Waals surface area contributed by atoms with E-state index in [1.165, 1.54) is 18.2 Å². The molecule has 3 saturated heterocycles. The van der Waals surface area contributed by atoms with Gasteiger partial charge in [0.2, 0.25) is 17.7 Å². The van der Waals surface area contributed by atoms with Gasteiger partial charge in [-0.05, 0) is 128 Å². The average molecular weight is 1890 g/mol. The molecule has 12 heterocycles. The number of phenolic OH excluding ortho intramolecular Hbond substituents is 3. The number of benzene rings is 6. The summed E-state index contributed by atoms with van der Waals surface area (Å²) in [6.45, 7) is 29.7. The van der Waals surface area contributed by atoms with Gasteiger partial charge in [0.25, 0.3) is 0 Å². The van der Waals surface area contributed by atoms with Gasteiger partial charge in [-0.25, -0.2) is 53.9 Å². The smallest absolute Gasteiger partial charge is 0.354 e. The van der Waals surface area contributed by atoms with Crippen LogP contribution in [0.25, 0.3) is 83.2 Å². The highest BCUT2D eigenvalue weighted by atomic mass is 35.5. The Morgan fingerprint density at radius 2 is 0.774 bits per heavy atom. The highest BCUT2D eigenvalue weighted by molar-refractivity contribution is 6.40. The SMILES string of the molecule is C=CC(=O)N1CCN2c3nc(=O)n(-c4c(C)ccnc4C(C)C)c4c(F)c(-c5c(O)ccc(F)c5F)c(Cl)c(c34)N(C)CC2C1.C=CC(=O)N1CCN2c3nc(=O)n(-c4c(C)ccnc4C(C)C)c4c(F)c(-c5c(O)ccc(F)c5F)c(Cl)c(c34)NCC2C1.C=CC(=O)N1CCN2c3nc(=O)n(-c4c(C)ccnc4C(C)C)c4c(F)c(-c5c(O)ccc(F)c5F)c(Cl)c(c34)OCC2C1. The van der Waals surface area contributed by atoms with Gasteiger partial charge in [0, 0.05) is 114 Å². The predicted molar refractivity (Wildman–Crippen MR) is 489 cm³/mol. The van der Waals surface area contributed by atoms with Crippen molar-refractivity contribution in [2.24, 2.45) is 0 Å². The van der Waals surface area contributed by atoms with E-state index in [9.17, 15) is 57.3 Å². The van der Waals surface area contributed by atoms with Crippen LogP contribution in [0.4, 0.5) is 68.3 Å². The third-order valence-electron chi connectivity index (χ3n) is 24.8. The van der Waals surface area contributed by atoms with Gasteiger partial charge in [-0.1, -0.05) is 96.1 Å². The largest absolute Gasteiger partial charge is 0.507 e. The number of hydrogen-bond acceptors (Lipinski definition) is 21. The number of likely N-dealkylation sites (N-methyl/N-ethyl adjacent to an activating group) is 1. The molecular weight excluding hydrogens is 1800 g/mol. The number of rotatable bonds is 12. The number of piperazine rings is 3. The maximum absolute atomic E-state index is 17.3. The number of carbonyl (C=O) groups is 3. The minimum absolute atomic E-state index is 0.0242. The topological polar surface area (TPSA) is 299 Å². The number of carbonyl (C=O) groups excluding carboxylic acids is 3. The van der Waals surface area contributed by atoms with E-state index in [-0.39, 0.29) is 190 Å². The summed E-state index contributed by atoms with van der Waals surface area (Å²) in [5, 5.41) is 34.5. The molecule has 133 heavy (non-hydrogen) atoms. The molecule has 3 fully saturated rings.